The average Bonchev–Trinajstić information content (AvgIpc) is 2.73. The summed E-state index contributed by atoms with van der Waals surface area (Å²) in [7, 11) is 0. The van der Waals surface area contributed by atoms with Gasteiger partial charge in [0.15, 0.2) is 0 Å². The molecule has 0 aromatic heterocycles. The molecule has 0 saturated carbocycles. The van der Waals surface area contributed by atoms with Gasteiger partial charge in [-0.2, -0.15) is 0 Å². The Morgan fingerprint density at radius 1 is 1.11 bits per heavy atom. The molecule has 3 rings (SSSR count). The minimum atomic E-state index is -0.433. The van der Waals surface area contributed by atoms with Crippen molar-refractivity contribution in [3.05, 3.63) is 87.5 Å². The first kappa shape index (κ1) is 19.5. The molecule has 0 radical (unpaired) electrons. The van der Waals surface area contributed by atoms with Crippen LogP contribution in [0.4, 0.5) is 5.69 Å². The molecule has 1 aliphatic carbocycles. The fourth-order valence-corrected chi connectivity index (χ4v) is 3.36. The number of carbonyl (C=O) groups is 1. The number of non-ortho nitro benzene ring substituents is 1. The second kappa shape index (κ2) is 9.65. The van der Waals surface area contributed by atoms with Crippen LogP contribution in [-0.2, 0) is 4.79 Å². The van der Waals surface area contributed by atoms with Gasteiger partial charge < -0.3 is 5.32 Å². The Balaban J connectivity index is 1.79. The summed E-state index contributed by atoms with van der Waals surface area (Å²) in [6.07, 6.45) is 9.58. The lowest BCUT2D eigenvalue weighted by Gasteiger charge is -2.14. The van der Waals surface area contributed by atoms with Gasteiger partial charge in [0.1, 0.15) is 0 Å². The van der Waals surface area contributed by atoms with Gasteiger partial charge >= 0.3 is 0 Å². The Morgan fingerprint density at radius 3 is 2.64 bits per heavy atom. The topological polar surface area (TPSA) is 72.2 Å². The molecule has 5 nitrogen and oxygen atoms in total. The van der Waals surface area contributed by atoms with Gasteiger partial charge in [-0.3, -0.25) is 14.9 Å². The maximum Gasteiger partial charge on any atom is 0.270 e. The number of amides is 1. The van der Waals surface area contributed by atoms with Crippen molar-refractivity contribution in [2.45, 2.75) is 32.1 Å². The average molecular weight is 376 g/mol. The van der Waals surface area contributed by atoms with E-state index in [2.05, 4.69) is 11.4 Å². The summed E-state index contributed by atoms with van der Waals surface area (Å²) in [4.78, 5) is 23.5. The van der Waals surface area contributed by atoms with Crippen molar-refractivity contribution in [1.29, 1.82) is 0 Å². The standard InChI is InChI=1S/C23H24N2O3/c26-23(24-15-14-18-8-3-1-4-9-18)22(20-11-5-2-6-12-20)17-19-10-7-13-21(16-19)25(27)28/h2,5-8,10-13,16-17H,1,3-4,9,14-15H2,(H,24,26)/b22-17-. The molecule has 0 fully saturated rings. The molecule has 0 unspecified atom stereocenters. The van der Waals surface area contributed by atoms with E-state index in [9.17, 15) is 14.9 Å². The number of carbonyl (C=O) groups excluding carboxylic acids is 1. The Hall–Kier alpha value is -3.21. The molecule has 0 bridgehead atoms. The van der Waals surface area contributed by atoms with Crippen LogP contribution in [0.2, 0.25) is 0 Å². The molecule has 1 amide bonds. The van der Waals surface area contributed by atoms with Crippen LogP contribution in [-0.4, -0.2) is 17.4 Å². The third-order valence-corrected chi connectivity index (χ3v) is 4.84. The van der Waals surface area contributed by atoms with Crippen LogP contribution in [0.25, 0.3) is 11.6 Å². The summed E-state index contributed by atoms with van der Waals surface area (Å²) < 4.78 is 0. The Labute approximate surface area is 164 Å². The molecule has 2 aromatic carbocycles. The minimum Gasteiger partial charge on any atom is -0.352 e. The number of nitro groups is 1. The van der Waals surface area contributed by atoms with E-state index in [4.69, 9.17) is 0 Å². The number of nitrogens with one attached hydrogen (secondary N) is 1. The molecule has 0 atom stereocenters. The lowest BCUT2D eigenvalue weighted by atomic mass is 9.97. The van der Waals surface area contributed by atoms with Gasteiger partial charge in [0.05, 0.1) is 4.92 Å². The molecule has 5 heteroatoms. The molecule has 1 N–H and O–H groups in total. The van der Waals surface area contributed by atoms with E-state index in [1.807, 2.05) is 30.3 Å². The number of hydrogen-bond acceptors (Lipinski definition) is 3. The summed E-state index contributed by atoms with van der Waals surface area (Å²) in [5.74, 6) is -0.172. The van der Waals surface area contributed by atoms with Crippen LogP contribution >= 0.6 is 0 Å². The van der Waals surface area contributed by atoms with Gasteiger partial charge in [-0.1, -0.05) is 54.1 Å². The zero-order valence-corrected chi connectivity index (χ0v) is 15.8. The summed E-state index contributed by atoms with van der Waals surface area (Å²) in [5.41, 5.74) is 3.32. The highest BCUT2D eigenvalue weighted by atomic mass is 16.6. The molecular formula is C23H24N2O3. The number of nitro benzene ring substituents is 1. The highest BCUT2D eigenvalue weighted by Gasteiger charge is 2.13. The third-order valence-electron chi connectivity index (χ3n) is 4.84. The van der Waals surface area contributed by atoms with Crippen molar-refractivity contribution in [2.75, 3.05) is 6.54 Å². The van der Waals surface area contributed by atoms with Gasteiger partial charge in [0.25, 0.3) is 11.6 Å². The largest absolute Gasteiger partial charge is 0.352 e. The Bertz CT molecular complexity index is 901. The van der Waals surface area contributed by atoms with Crippen molar-refractivity contribution in [1.82, 2.24) is 5.32 Å². The number of nitrogens with zero attached hydrogens (tertiary/aromatic N) is 1. The summed E-state index contributed by atoms with van der Waals surface area (Å²) in [6.45, 7) is 0.587. The highest BCUT2D eigenvalue weighted by molar-refractivity contribution is 6.24. The normalized spacial score (nSPS) is 14.3. The fourth-order valence-electron chi connectivity index (χ4n) is 3.36. The zero-order chi connectivity index (χ0) is 19.8. The van der Waals surface area contributed by atoms with Gasteiger partial charge in [0, 0.05) is 24.3 Å². The summed E-state index contributed by atoms with van der Waals surface area (Å²) >= 11 is 0. The molecule has 2 aromatic rings. The van der Waals surface area contributed by atoms with E-state index in [0.717, 1.165) is 24.8 Å². The molecule has 28 heavy (non-hydrogen) atoms. The summed E-state index contributed by atoms with van der Waals surface area (Å²) in [6, 6.07) is 15.7. The number of rotatable bonds is 7. The van der Waals surface area contributed by atoms with Crippen LogP contribution in [0.3, 0.4) is 0 Å². The van der Waals surface area contributed by atoms with Gasteiger partial charge in [-0.05, 0) is 49.3 Å². The first-order valence-electron chi connectivity index (χ1n) is 9.61. The maximum absolute atomic E-state index is 12.9. The van der Waals surface area contributed by atoms with Crippen molar-refractivity contribution in [3.63, 3.8) is 0 Å². The smallest absolute Gasteiger partial charge is 0.270 e. The minimum absolute atomic E-state index is 0.00538. The van der Waals surface area contributed by atoms with Gasteiger partial charge in [-0.15, -0.1) is 0 Å². The van der Waals surface area contributed by atoms with Crippen LogP contribution < -0.4 is 5.32 Å². The molecule has 1 aliphatic rings. The molecule has 0 spiro atoms. The van der Waals surface area contributed by atoms with Crippen LogP contribution in [0, 0.1) is 10.1 Å². The molecule has 0 aliphatic heterocycles. The SMILES string of the molecule is O=C(NCCC1=CCCCC1)/C(=C\c1cccc([N+](=O)[O-])c1)c1ccccc1. The number of allylic oxidation sites excluding steroid dienone is 1. The molecule has 0 saturated heterocycles. The predicted octanol–water partition coefficient (Wildman–Crippen LogP) is 5.14. The van der Waals surface area contributed by atoms with Crippen LogP contribution in [0.5, 0.6) is 0 Å². The van der Waals surface area contributed by atoms with Crippen molar-refractivity contribution >= 4 is 23.2 Å². The molecular weight excluding hydrogens is 352 g/mol. The van der Waals surface area contributed by atoms with E-state index in [0.29, 0.717) is 17.7 Å². The quantitative estimate of drug-likeness (QED) is 0.239. The predicted molar refractivity (Wildman–Crippen MR) is 112 cm³/mol. The monoisotopic (exact) mass is 376 g/mol. The summed E-state index contributed by atoms with van der Waals surface area (Å²) in [5, 5.41) is 14.0. The highest BCUT2D eigenvalue weighted by Crippen LogP contribution is 2.22. The maximum atomic E-state index is 12.9. The zero-order valence-electron chi connectivity index (χ0n) is 15.8. The molecule has 144 valence electrons. The Morgan fingerprint density at radius 2 is 1.93 bits per heavy atom. The van der Waals surface area contributed by atoms with Gasteiger partial charge in [-0.25, -0.2) is 0 Å². The van der Waals surface area contributed by atoms with E-state index in [-0.39, 0.29) is 11.6 Å². The number of benzene rings is 2. The lowest BCUT2D eigenvalue weighted by Crippen LogP contribution is -2.25. The molecule has 0 heterocycles. The first-order valence-corrected chi connectivity index (χ1v) is 9.61. The fraction of sp³-hybridized carbons (Fsp3) is 0.261. The van der Waals surface area contributed by atoms with Crippen LogP contribution in [0.1, 0.15) is 43.2 Å². The number of hydrogen-bond donors (Lipinski definition) is 1. The van der Waals surface area contributed by atoms with E-state index >= 15 is 0 Å². The van der Waals surface area contributed by atoms with E-state index < -0.39 is 4.92 Å². The third kappa shape index (κ3) is 5.39. The van der Waals surface area contributed by atoms with E-state index in [1.54, 1.807) is 18.2 Å². The van der Waals surface area contributed by atoms with Crippen molar-refractivity contribution in [2.24, 2.45) is 0 Å². The second-order valence-corrected chi connectivity index (χ2v) is 6.89. The Kier molecular flexibility index (Phi) is 6.73. The lowest BCUT2D eigenvalue weighted by molar-refractivity contribution is -0.384. The van der Waals surface area contributed by atoms with Gasteiger partial charge in [0.2, 0.25) is 0 Å². The van der Waals surface area contributed by atoms with Crippen molar-refractivity contribution < 1.29 is 9.72 Å². The second-order valence-electron chi connectivity index (χ2n) is 6.89. The van der Waals surface area contributed by atoms with E-state index in [1.165, 1.54) is 30.5 Å². The first-order chi connectivity index (χ1) is 13.6. The van der Waals surface area contributed by atoms with Crippen LogP contribution in [0.15, 0.2) is 66.2 Å². The van der Waals surface area contributed by atoms with Crippen molar-refractivity contribution in [3.8, 4) is 0 Å².